The number of nitrogens with one attached hydrogen (secondary N) is 2. The van der Waals surface area contributed by atoms with Crippen LogP contribution in [0, 0.1) is 5.92 Å². The molecule has 11 heteroatoms. The maximum absolute atomic E-state index is 12.1. The lowest BCUT2D eigenvalue weighted by atomic mass is 9.91. The van der Waals surface area contributed by atoms with Crippen LogP contribution < -0.4 is 10.6 Å². The molecule has 1 heterocycles. The summed E-state index contributed by atoms with van der Waals surface area (Å²) in [5.74, 6) is -3.07. The van der Waals surface area contributed by atoms with Gasteiger partial charge in [0.15, 0.2) is 0 Å². The number of carbonyl (C=O) groups is 3. The Morgan fingerprint density at radius 1 is 1.29 bits per heavy atom. The molecule has 0 aliphatic carbocycles. The summed E-state index contributed by atoms with van der Waals surface area (Å²) < 4.78 is 16.2. The Bertz CT molecular complexity index is 603. The fraction of sp³-hybridized carbons (Fsp3) is 0.850. The molecule has 180 valence electrons. The number of aliphatic hydroxyl groups is 3. The fourth-order valence-electron chi connectivity index (χ4n) is 3.52. The van der Waals surface area contributed by atoms with E-state index in [0.29, 0.717) is 6.42 Å². The number of ether oxygens (including phenoxy) is 3. The van der Waals surface area contributed by atoms with E-state index in [0.717, 1.165) is 6.42 Å². The maximum atomic E-state index is 12.1. The highest BCUT2D eigenvalue weighted by Crippen LogP contribution is 2.34. The molecular weight excluding hydrogens is 412 g/mol. The van der Waals surface area contributed by atoms with Crippen LogP contribution in [-0.2, 0) is 28.6 Å². The zero-order valence-corrected chi connectivity index (χ0v) is 18.7. The van der Waals surface area contributed by atoms with Crippen LogP contribution in [-0.4, -0.2) is 82.7 Å². The Kier molecular flexibility index (Phi) is 10.8. The monoisotopic (exact) mass is 448 g/mol. The van der Waals surface area contributed by atoms with E-state index < -0.39 is 48.4 Å². The highest BCUT2D eigenvalue weighted by atomic mass is 16.9. The standard InChI is InChI=1S/C20H36N2O9/c1-6-7-12(4)19(28)21-9-15(26)17(27)18-16(22-13(5)24)14(25)8-20(31-18,29-10-23)30-11(2)3/h10-12,14-18,25-27H,6-9H2,1-5H3,(H,21,28)(H,22,24). The number of hydrogen-bond donors (Lipinski definition) is 5. The average Bonchev–Trinajstić information content (AvgIpc) is 2.66. The van der Waals surface area contributed by atoms with Crippen molar-refractivity contribution in [1.82, 2.24) is 10.6 Å². The van der Waals surface area contributed by atoms with Gasteiger partial charge in [0.05, 0.1) is 30.8 Å². The molecule has 7 atom stereocenters. The van der Waals surface area contributed by atoms with E-state index in [1.165, 1.54) is 6.92 Å². The van der Waals surface area contributed by atoms with Gasteiger partial charge in [0.25, 0.3) is 6.47 Å². The SMILES string of the molecule is CCCC(C)C(=O)NCC(O)C(O)C1OC(OC=O)(OC(C)C)CC(O)C1NC(C)=O. The average molecular weight is 449 g/mol. The lowest BCUT2D eigenvalue weighted by Gasteiger charge is -2.47. The summed E-state index contributed by atoms with van der Waals surface area (Å²) in [5, 5.41) is 36.9. The summed E-state index contributed by atoms with van der Waals surface area (Å²) in [5.41, 5.74) is 0. The Labute approximate surface area is 182 Å². The molecule has 1 saturated heterocycles. The van der Waals surface area contributed by atoms with Gasteiger partial charge in [-0.05, 0) is 20.3 Å². The molecule has 1 fully saturated rings. The first-order valence-electron chi connectivity index (χ1n) is 10.5. The lowest BCUT2D eigenvalue weighted by molar-refractivity contribution is -0.416. The minimum atomic E-state index is -2.02. The third-order valence-electron chi connectivity index (χ3n) is 4.94. The van der Waals surface area contributed by atoms with Gasteiger partial charge in [-0.25, -0.2) is 0 Å². The van der Waals surface area contributed by atoms with Crippen molar-refractivity contribution >= 4 is 18.3 Å². The molecule has 7 unspecified atom stereocenters. The molecular formula is C20H36N2O9. The zero-order valence-electron chi connectivity index (χ0n) is 18.7. The van der Waals surface area contributed by atoms with E-state index >= 15 is 0 Å². The van der Waals surface area contributed by atoms with Crippen LogP contribution in [0.1, 0.15) is 53.9 Å². The van der Waals surface area contributed by atoms with E-state index in [1.807, 2.05) is 6.92 Å². The van der Waals surface area contributed by atoms with Gasteiger partial charge in [-0.1, -0.05) is 20.3 Å². The van der Waals surface area contributed by atoms with Gasteiger partial charge in [-0.15, -0.1) is 0 Å². The summed E-state index contributed by atoms with van der Waals surface area (Å²) in [6, 6.07) is -1.13. The number of amides is 2. The van der Waals surface area contributed by atoms with E-state index in [1.54, 1.807) is 20.8 Å². The van der Waals surface area contributed by atoms with Gasteiger partial charge in [0.2, 0.25) is 11.8 Å². The normalized spacial score (nSPS) is 29.0. The van der Waals surface area contributed by atoms with E-state index in [4.69, 9.17) is 14.2 Å². The van der Waals surface area contributed by atoms with Crippen molar-refractivity contribution in [2.24, 2.45) is 5.92 Å². The molecule has 0 aromatic carbocycles. The van der Waals surface area contributed by atoms with Crippen LogP contribution in [0.5, 0.6) is 0 Å². The second kappa shape index (κ2) is 12.3. The third-order valence-corrected chi connectivity index (χ3v) is 4.94. The van der Waals surface area contributed by atoms with Crippen molar-refractivity contribution < 1.29 is 43.9 Å². The summed E-state index contributed by atoms with van der Waals surface area (Å²) in [4.78, 5) is 34.7. The summed E-state index contributed by atoms with van der Waals surface area (Å²) in [6.07, 6.45) is -5.23. The smallest absolute Gasteiger partial charge is 0.332 e. The summed E-state index contributed by atoms with van der Waals surface area (Å²) in [7, 11) is 0. The van der Waals surface area contributed by atoms with Crippen LogP contribution in [0.4, 0.5) is 0 Å². The summed E-state index contributed by atoms with van der Waals surface area (Å²) in [6.45, 7) is 8.02. The fourth-order valence-corrected chi connectivity index (χ4v) is 3.52. The van der Waals surface area contributed by atoms with Crippen molar-refractivity contribution in [3.05, 3.63) is 0 Å². The first-order chi connectivity index (χ1) is 14.5. The predicted molar refractivity (Wildman–Crippen MR) is 108 cm³/mol. The third kappa shape index (κ3) is 8.00. The number of aliphatic hydroxyl groups excluding tert-OH is 3. The molecule has 0 radical (unpaired) electrons. The Morgan fingerprint density at radius 2 is 1.94 bits per heavy atom. The van der Waals surface area contributed by atoms with Crippen LogP contribution in [0.3, 0.4) is 0 Å². The Balaban J connectivity index is 3.03. The molecule has 31 heavy (non-hydrogen) atoms. The van der Waals surface area contributed by atoms with Gasteiger partial charge >= 0.3 is 5.97 Å². The molecule has 1 rings (SSSR count). The number of rotatable bonds is 12. The molecule has 0 bridgehead atoms. The molecule has 0 spiro atoms. The molecule has 1 aliphatic heterocycles. The minimum Gasteiger partial charge on any atom is -0.410 e. The molecule has 11 nitrogen and oxygen atoms in total. The molecule has 0 saturated carbocycles. The van der Waals surface area contributed by atoms with Crippen LogP contribution in [0.15, 0.2) is 0 Å². The van der Waals surface area contributed by atoms with Gasteiger partial charge in [0.1, 0.15) is 12.2 Å². The summed E-state index contributed by atoms with van der Waals surface area (Å²) >= 11 is 0. The predicted octanol–water partition coefficient (Wildman–Crippen LogP) is -0.833. The van der Waals surface area contributed by atoms with Crippen LogP contribution in [0.25, 0.3) is 0 Å². The molecule has 0 aromatic rings. The van der Waals surface area contributed by atoms with E-state index in [2.05, 4.69) is 10.6 Å². The molecule has 1 aliphatic rings. The number of hydrogen-bond acceptors (Lipinski definition) is 9. The second-order valence-corrected chi connectivity index (χ2v) is 8.14. The second-order valence-electron chi connectivity index (χ2n) is 8.14. The minimum absolute atomic E-state index is 0.0863. The number of carbonyl (C=O) groups excluding carboxylic acids is 3. The highest BCUT2D eigenvalue weighted by molar-refractivity contribution is 5.78. The van der Waals surface area contributed by atoms with Gasteiger partial charge in [0, 0.05) is 19.4 Å². The molecule has 5 N–H and O–H groups in total. The maximum Gasteiger partial charge on any atom is 0.332 e. The van der Waals surface area contributed by atoms with Crippen LogP contribution >= 0.6 is 0 Å². The van der Waals surface area contributed by atoms with Gasteiger partial charge < -0.3 is 40.2 Å². The largest absolute Gasteiger partial charge is 0.410 e. The van der Waals surface area contributed by atoms with Gasteiger partial charge in [-0.3, -0.25) is 14.4 Å². The first-order valence-corrected chi connectivity index (χ1v) is 10.5. The molecule has 0 aromatic heterocycles. The van der Waals surface area contributed by atoms with Gasteiger partial charge in [-0.2, -0.15) is 0 Å². The molecule has 2 amide bonds. The topological polar surface area (TPSA) is 164 Å². The first kappa shape index (κ1) is 27.2. The van der Waals surface area contributed by atoms with Crippen molar-refractivity contribution in [2.45, 2.75) is 96.4 Å². The van der Waals surface area contributed by atoms with Crippen LogP contribution in [0.2, 0.25) is 0 Å². The highest BCUT2D eigenvalue weighted by Gasteiger charge is 2.53. The van der Waals surface area contributed by atoms with E-state index in [-0.39, 0.29) is 31.3 Å². The van der Waals surface area contributed by atoms with Crippen molar-refractivity contribution in [3.8, 4) is 0 Å². The lowest BCUT2D eigenvalue weighted by Crippen LogP contribution is -2.67. The Hall–Kier alpha value is -1.79. The van der Waals surface area contributed by atoms with E-state index in [9.17, 15) is 29.7 Å². The van der Waals surface area contributed by atoms with Crippen molar-refractivity contribution in [2.75, 3.05) is 6.54 Å². The van der Waals surface area contributed by atoms with Crippen molar-refractivity contribution in [1.29, 1.82) is 0 Å². The quantitative estimate of drug-likeness (QED) is 0.189. The Morgan fingerprint density at radius 3 is 2.45 bits per heavy atom. The zero-order chi connectivity index (χ0) is 23.8. The van der Waals surface area contributed by atoms with Crippen molar-refractivity contribution in [3.63, 3.8) is 0 Å².